The fourth-order valence-corrected chi connectivity index (χ4v) is 2.64. The van der Waals surface area contributed by atoms with Crippen LogP contribution in [0.4, 0.5) is 20.7 Å². The van der Waals surface area contributed by atoms with Gasteiger partial charge in [-0.05, 0) is 27.2 Å². The van der Waals surface area contributed by atoms with Gasteiger partial charge in [-0.3, -0.25) is 10.1 Å². The SMILES string of the molecule is CN(C(=O)OC(C)(C)C)C1CN(c2cc([N+](=O)[O-])ccn2)CCC1F. The van der Waals surface area contributed by atoms with Crippen molar-refractivity contribution < 1.29 is 18.8 Å². The molecule has 2 heterocycles. The summed E-state index contributed by atoms with van der Waals surface area (Å²) in [6.45, 7) is 5.78. The van der Waals surface area contributed by atoms with Gasteiger partial charge < -0.3 is 14.5 Å². The number of likely N-dealkylation sites (N-methyl/N-ethyl adjacent to an activating group) is 1. The van der Waals surface area contributed by atoms with E-state index in [1.165, 1.54) is 30.3 Å². The number of hydrogen-bond acceptors (Lipinski definition) is 6. The molecule has 2 atom stereocenters. The largest absolute Gasteiger partial charge is 0.444 e. The summed E-state index contributed by atoms with van der Waals surface area (Å²) in [6.07, 6.45) is -0.259. The lowest BCUT2D eigenvalue weighted by molar-refractivity contribution is -0.384. The highest BCUT2D eigenvalue weighted by molar-refractivity contribution is 5.68. The predicted octanol–water partition coefficient (Wildman–Crippen LogP) is 2.77. The second-order valence-corrected chi connectivity index (χ2v) is 7.04. The number of rotatable bonds is 3. The molecule has 1 saturated heterocycles. The molecule has 1 amide bonds. The van der Waals surface area contributed by atoms with Gasteiger partial charge in [-0.1, -0.05) is 0 Å². The highest BCUT2D eigenvalue weighted by atomic mass is 19.1. The van der Waals surface area contributed by atoms with Crippen molar-refractivity contribution in [3.63, 3.8) is 0 Å². The van der Waals surface area contributed by atoms with Crippen LogP contribution >= 0.6 is 0 Å². The Bertz CT molecular complexity index is 649. The van der Waals surface area contributed by atoms with Crippen LogP contribution in [0.1, 0.15) is 27.2 Å². The van der Waals surface area contributed by atoms with Crippen LogP contribution in [0.2, 0.25) is 0 Å². The smallest absolute Gasteiger partial charge is 0.410 e. The molecule has 0 aliphatic carbocycles. The highest BCUT2D eigenvalue weighted by Crippen LogP contribution is 2.26. The number of aromatic nitrogens is 1. The Balaban J connectivity index is 2.14. The number of hydrogen-bond donors (Lipinski definition) is 0. The van der Waals surface area contributed by atoms with Crippen LogP contribution in [0.3, 0.4) is 0 Å². The molecular weight excluding hydrogens is 331 g/mol. The van der Waals surface area contributed by atoms with Crippen LogP contribution < -0.4 is 4.90 Å². The van der Waals surface area contributed by atoms with E-state index in [0.29, 0.717) is 12.4 Å². The Hall–Kier alpha value is -2.45. The summed E-state index contributed by atoms with van der Waals surface area (Å²) in [7, 11) is 1.50. The van der Waals surface area contributed by atoms with Gasteiger partial charge >= 0.3 is 6.09 Å². The van der Waals surface area contributed by atoms with Crippen LogP contribution in [0.25, 0.3) is 0 Å². The molecule has 2 rings (SSSR count). The third-order valence-electron chi connectivity index (χ3n) is 3.94. The van der Waals surface area contributed by atoms with E-state index >= 15 is 0 Å². The number of ether oxygens (including phenoxy) is 1. The van der Waals surface area contributed by atoms with E-state index in [0.717, 1.165) is 0 Å². The van der Waals surface area contributed by atoms with Gasteiger partial charge in [-0.2, -0.15) is 0 Å². The summed E-state index contributed by atoms with van der Waals surface area (Å²) in [5.41, 5.74) is -0.753. The molecule has 25 heavy (non-hydrogen) atoms. The number of amides is 1. The number of pyridine rings is 1. The van der Waals surface area contributed by atoms with Crippen molar-refractivity contribution in [2.24, 2.45) is 0 Å². The Morgan fingerprint density at radius 1 is 1.52 bits per heavy atom. The molecule has 0 aromatic carbocycles. The summed E-state index contributed by atoms with van der Waals surface area (Å²) in [5.74, 6) is 0.392. The number of carbonyl (C=O) groups excluding carboxylic acids is 1. The number of nitrogens with zero attached hydrogens (tertiary/aromatic N) is 4. The lowest BCUT2D eigenvalue weighted by Crippen LogP contribution is -2.55. The van der Waals surface area contributed by atoms with E-state index in [2.05, 4.69) is 4.98 Å². The molecule has 1 fully saturated rings. The maximum absolute atomic E-state index is 14.4. The first-order valence-electron chi connectivity index (χ1n) is 8.04. The number of halogens is 1. The summed E-state index contributed by atoms with van der Waals surface area (Å²) in [5, 5.41) is 10.9. The van der Waals surface area contributed by atoms with E-state index in [9.17, 15) is 19.3 Å². The fraction of sp³-hybridized carbons (Fsp3) is 0.625. The van der Waals surface area contributed by atoms with Gasteiger partial charge in [0, 0.05) is 32.4 Å². The summed E-state index contributed by atoms with van der Waals surface area (Å²) in [6, 6.07) is 1.93. The Labute approximate surface area is 145 Å². The third-order valence-corrected chi connectivity index (χ3v) is 3.94. The van der Waals surface area contributed by atoms with E-state index in [1.807, 2.05) is 0 Å². The zero-order valence-electron chi connectivity index (χ0n) is 14.8. The molecular formula is C16H23FN4O4. The highest BCUT2D eigenvalue weighted by Gasteiger charge is 2.36. The van der Waals surface area contributed by atoms with Crippen molar-refractivity contribution in [3.8, 4) is 0 Å². The second-order valence-electron chi connectivity index (χ2n) is 7.04. The normalized spacial score (nSPS) is 20.9. The van der Waals surface area contributed by atoms with E-state index in [4.69, 9.17) is 4.74 Å². The molecule has 1 aliphatic rings. The molecule has 138 valence electrons. The number of carbonyl (C=O) groups is 1. The predicted molar refractivity (Wildman–Crippen MR) is 90.4 cm³/mol. The molecule has 0 bridgehead atoms. The zero-order chi connectivity index (χ0) is 18.8. The standard InChI is InChI=1S/C16H23FN4O4/c1-16(2,3)25-15(22)19(4)13-10-20(8-6-12(13)17)14-9-11(21(23)24)5-7-18-14/h5,7,9,12-13H,6,8,10H2,1-4H3. The van der Waals surface area contributed by atoms with Crippen molar-refractivity contribution in [2.75, 3.05) is 25.0 Å². The third kappa shape index (κ3) is 4.77. The molecule has 0 saturated carbocycles. The maximum Gasteiger partial charge on any atom is 0.410 e. The number of alkyl halides is 1. The van der Waals surface area contributed by atoms with Crippen molar-refractivity contribution in [1.29, 1.82) is 0 Å². The van der Waals surface area contributed by atoms with Crippen molar-refractivity contribution in [1.82, 2.24) is 9.88 Å². The van der Waals surface area contributed by atoms with E-state index in [-0.39, 0.29) is 18.7 Å². The summed E-state index contributed by atoms with van der Waals surface area (Å²) < 4.78 is 19.7. The van der Waals surface area contributed by atoms with Gasteiger partial charge in [0.1, 0.15) is 17.6 Å². The first-order valence-corrected chi connectivity index (χ1v) is 8.04. The van der Waals surface area contributed by atoms with Crippen molar-refractivity contribution >= 4 is 17.6 Å². The van der Waals surface area contributed by atoms with Gasteiger partial charge in [-0.15, -0.1) is 0 Å². The molecule has 8 nitrogen and oxygen atoms in total. The Morgan fingerprint density at radius 2 is 2.20 bits per heavy atom. The molecule has 9 heteroatoms. The van der Waals surface area contributed by atoms with E-state index < -0.39 is 28.8 Å². The maximum atomic E-state index is 14.4. The minimum atomic E-state index is -1.20. The quantitative estimate of drug-likeness (QED) is 0.612. The molecule has 1 aromatic heterocycles. The lowest BCUT2D eigenvalue weighted by atomic mass is 10.0. The lowest BCUT2D eigenvalue weighted by Gasteiger charge is -2.40. The van der Waals surface area contributed by atoms with Crippen LogP contribution in [0.5, 0.6) is 0 Å². The first kappa shape index (κ1) is 18.9. The minimum Gasteiger partial charge on any atom is -0.444 e. The molecule has 2 unspecified atom stereocenters. The first-order chi connectivity index (χ1) is 11.6. The van der Waals surface area contributed by atoms with Crippen LogP contribution in [0, 0.1) is 10.1 Å². The van der Waals surface area contributed by atoms with Gasteiger partial charge in [-0.25, -0.2) is 14.2 Å². The molecule has 0 radical (unpaired) electrons. The number of nitro groups is 1. The summed E-state index contributed by atoms with van der Waals surface area (Å²) in [4.78, 5) is 29.7. The minimum absolute atomic E-state index is 0.0792. The van der Waals surface area contributed by atoms with Crippen LogP contribution in [-0.4, -0.2) is 58.9 Å². The average Bonchev–Trinajstić information content (AvgIpc) is 2.53. The zero-order valence-corrected chi connectivity index (χ0v) is 14.8. The van der Waals surface area contributed by atoms with Crippen LogP contribution in [0.15, 0.2) is 18.3 Å². The topological polar surface area (TPSA) is 88.8 Å². The van der Waals surface area contributed by atoms with Crippen LogP contribution in [-0.2, 0) is 4.74 Å². The van der Waals surface area contributed by atoms with E-state index in [1.54, 1.807) is 25.7 Å². The monoisotopic (exact) mass is 354 g/mol. The summed E-state index contributed by atoms with van der Waals surface area (Å²) >= 11 is 0. The van der Waals surface area contributed by atoms with Crippen molar-refractivity contribution in [3.05, 3.63) is 28.4 Å². The number of anilines is 1. The fourth-order valence-electron chi connectivity index (χ4n) is 2.64. The Morgan fingerprint density at radius 3 is 2.80 bits per heavy atom. The molecule has 0 spiro atoms. The van der Waals surface area contributed by atoms with Crippen molar-refractivity contribution in [2.45, 2.75) is 45.0 Å². The Kier molecular flexibility index (Phi) is 5.44. The van der Waals surface area contributed by atoms with Gasteiger partial charge in [0.25, 0.3) is 5.69 Å². The average molecular weight is 354 g/mol. The molecule has 1 aromatic rings. The van der Waals surface area contributed by atoms with Gasteiger partial charge in [0.2, 0.25) is 0 Å². The van der Waals surface area contributed by atoms with Gasteiger partial charge in [0.05, 0.1) is 17.0 Å². The second kappa shape index (κ2) is 7.20. The van der Waals surface area contributed by atoms with Gasteiger partial charge in [0.15, 0.2) is 0 Å². The number of piperidine rings is 1. The molecule has 1 aliphatic heterocycles. The molecule has 0 N–H and O–H groups in total.